The van der Waals surface area contributed by atoms with Crippen LogP contribution in [-0.2, 0) is 19.1 Å². The Morgan fingerprint density at radius 2 is 2.00 bits per heavy atom. The van der Waals surface area contributed by atoms with E-state index < -0.39 is 35.6 Å². The fourth-order valence-electron chi connectivity index (χ4n) is 9.62. The lowest BCUT2D eigenvalue weighted by molar-refractivity contribution is -0.226. The summed E-state index contributed by atoms with van der Waals surface area (Å²) in [5, 5.41) is 21.4. The molecule has 0 bridgehead atoms. The topological polar surface area (TPSA) is 93.1 Å². The summed E-state index contributed by atoms with van der Waals surface area (Å²) in [6, 6.07) is 0. The quantitative estimate of drug-likeness (QED) is 0.715. The van der Waals surface area contributed by atoms with Gasteiger partial charge in [-0.15, -0.1) is 0 Å². The Labute approximate surface area is 177 Å². The molecule has 6 aliphatic rings. The minimum Gasteiger partial charge on any atom is -0.393 e. The molecule has 30 heavy (non-hydrogen) atoms. The molecule has 0 amide bonds. The van der Waals surface area contributed by atoms with Crippen LogP contribution < -0.4 is 0 Å². The highest BCUT2D eigenvalue weighted by atomic mass is 16.8. The molecule has 2 unspecified atom stereocenters. The van der Waals surface area contributed by atoms with Gasteiger partial charge in [0.1, 0.15) is 6.61 Å². The summed E-state index contributed by atoms with van der Waals surface area (Å²) in [4.78, 5) is 25.8. The molecule has 1 aliphatic heterocycles. The minimum atomic E-state index is -1.23. The van der Waals surface area contributed by atoms with E-state index in [1.54, 1.807) is 6.08 Å². The molecule has 5 aliphatic carbocycles. The van der Waals surface area contributed by atoms with Gasteiger partial charge in [-0.1, -0.05) is 19.9 Å². The van der Waals surface area contributed by atoms with Gasteiger partial charge in [0.25, 0.3) is 0 Å². The van der Waals surface area contributed by atoms with Crippen LogP contribution >= 0.6 is 0 Å². The van der Waals surface area contributed by atoms with Crippen LogP contribution in [0.1, 0.15) is 53.4 Å². The molecule has 6 rings (SSSR count). The first-order chi connectivity index (χ1) is 14.0. The molecule has 0 aromatic carbocycles. The van der Waals surface area contributed by atoms with Crippen molar-refractivity contribution < 1.29 is 29.3 Å². The monoisotopic (exact) mass is 416 g/mol. The summed E-state index contributed by atoms with van der Waals surface area (Å²) in [6.07, 6.45) is 5.84. The molecular weight excluding hydrogens is 384 g/mol. The number of aliphatic hydroxyl groups excluding tert-OH is 2. The van der Waals surface area contributed by atoms with Crippen LogP contribution in [0.4, 0.5) is 0 Å². The van der Waals surface area contributed by atoms with Crippen molar-refractivity contribution in [2.24, 2.45) is 39.9 Å². The number of ketones is 2. The molecule has 2 N–H and O–H groups in total. The van der Waals surface area contributed by atoms with E-state index in [2.05, 4.69) is 19.9 Å². The van der Waals surface area contributed by atoms with Gasteiger partial charge in [0, 0.05) is 16.7 Å². The summed E-state index contributed by atoms with van der Waals surface area (Å²) < 4.78 is 12.6. The van der Waals surface area contributed by atoms with E-state index in [0.717, 1.165) is 12.8 Å². The van der Waals surface area contributed by atoms with Crippen molar-refractivity contribution in [3.8, 4) is 0 Å². The van der Waals surface area contributed by atoms with Crippen LogP contribution in [0.3, 0.4) is 0 Å². The number of carbonyl (C=O) groups excluding carboxylic acids is 2. The highest BCUT2D eigenvalue weighted by molar-refractivity contribution is 6.00. The fourth-order valence-corrected chi connectivity index (χ4v) is 9.62. The van der Waals surface area contributed by atoms with Crippen molar-refractivity contribution in [2.45, 2.75) is 77.0 Å². The number of hydrogen-bond donors (Lipinski definition) is 2. The number of allylic oxidation sites excluding steroid dienone is 2. The van der Waals surface area contributed by atoms with Crippen LogP contribution in [0.15, 0.2) is 12.2 Å². The van der Waals surface area contributed by atoms with Gasteiger partial charge >= 0.3 is 0 Å². The van der Waals surface area contributed by atoms with E-state index >= 15 is 0 Å². The Balaban J connectivity index is 1.44. The molecule has 0 aromatic heterocycles. The third kappa shape index (κ3) is 1.78. The summed E-state index contributed by atoms with van der Waals surface area (Å²) in [5.41, 5.74) is -2.12. The van der Waals surface area contributed by atoms with Crippen molar-refractivity contribution in [1.82, 2.24) is 0 Å². The lowest BCUT2D eigenvalue weighted by Gasteiger charge is -2.57. The van der Waals surface area contributed by atoms with Crippen LogP contribution in [0, 0.1) is 39.9 Å². The molecule has 10 atom stereocenters. The van der Waals surface area contributed by atoms with E-state index in [9.17, 15) is 19.8 Å². The standard InChI is InChI=1S/C24H32O6/c1-20(2)29-17-9-13-12-5-7-23-8-6-14(26)19(23)22(23,4)18(12)15(27)10-21(13,3)24(17,30-20)16(28)11-25/h6,8,12-13,15,17-19,25,27H,5,7,9-11H2,1-4H3/t12-,13-,15-,17-,18+,19?,21-,22-,23?,24+/m0/s1. The molecule has 0 radical (unpaired) electrons. The molecule has 1 spiro atoms. The van der Waals surface area contributed by atoms with Gasteiger partial charge in [0.15, 0.2) is 23.0 Å². The first-order valence-corrected chi connectivity index (χ1v) is 11.4. The van der Waals surface area contributed by atoms with Crippen molar-refractivity contribution >= 4 is 11.6 Å². The van der Waals surface area contributed by atoms with Gasteiger partial charge in [-0.25, -0.2) is 0 Å². The first kappa shape index (κ1) is 19.6. The molecule has 6 heteroatoms. The zero-order chi connectivity index (χ0) is 21.5. The van der Waals surface area contributed by atoms with Gasteiger partial charge in [-0.2, -0.15) is 0 Å². The number of aliphatic hydroxyl groups is 2. The number of rotatable bonds is 2. The zero-order valence-corrected chi connectivity index (χ0v) is 18.2. The van der Waals surface area contributed by atoms with Gasteiger partial charge in [0.05, 0.1) is 12.2 Å². The van der Waals surface area contributed by atoms with E-state index in [4.69, 9.17) is 9.47 Å². The van der Waals surface area contributed by atoms with Crippen LogP contribution in [0.5, 0.6) is 0 Å². The van der Waals surface area contributed by atoms with Gasteiger partial charge < -0.3 is 19.7 Å². The molecule has 5 fully saturated rings. The predicted molar refractivity (Wildman–Crippen MR) is 106 cm³/mol. The Kier molecular flexibility index (Phi) is 3.45. The molecule has 0 aromatic rings. The van der Waals surface area contributed by atoms with Crippen molar-refractivity contribution in [1.29, 1.82) is 0 Å². The Bertz CT molecular complexity index is 894. The molecule has 6 nitrogen and oxygen atoms in total. The lowest BCUT2D eigenvalue weighted by Crippen LogP contribution is -2.63. The van der Waals surface area contributed by atoms with E-state index in [1.165, 1.54) is 0 Å². The SMILES string of the molecule is CC1(C)O[C@H]2C[C@H]3[C@@H]4CCC56C=CC(=O)C5[C@]6(C)[C@H]4[C@@H](O)C[C@]3(C)[C@]2(C(=O)CO)O1. The average molecular weight is 417 g/mol. The maximum Gasteiger partial charge on any atom is 0.193 e. The summed E-state index contributed by atoms with van der Waals surface area (Å²) in [7, 11) is 0. The third-order valence-corrected chi connectivity index (χ3v) is 10.5. The zero-order valence-electron chi connectivity index (χ0n) is 18.2. The Morgan fingerprint density at radius 3 is 2.70 bits per heavy atom. The second-order valence-corrected chi connectivity index (χ2v) is 11.7. The largest absolute Gasteiger partial charge is 0.393 e. The first-order valence-electron chi connectivity index (χ1n) is 11.4. The summed E-state index contributed by atoms with van der Waals surface area (Å²) in [6.45, 7) is 7.29. The second-order valence-electron chi connectivity index (χ2n) is 11.7. The number of fused-ring (bicyclic) bond motifs is 7. The second kappa shape index (κ2) is 5.28. The van der Waals surface area contributed by atoms with E-state index in [0.29, 0.717) is 12.8 Å². The maximum atomic E-state index is 13.2. The third-order valence-electron chi connectivity index (χ3n) is 10.5. The minimum absolute atomic E-state index is 0.000578. The number of Topliss-reactive ketones (excluding diaryl/α,β-unsaturated/α-hetero) is 1. The molecule has 4 saturated carbocycles. The lowest BCUT2D eigenvalue weighted by atomic mass is 9.49. The van der Waals surface area contributed by atoms with Crippen molar-refractivity contribution in [3.63, 3.8) is 0 Å². The molecular formula is C24H32O6. The Hall–Kier alpha value is -1.08. The fraction of sp³-hybridized carbons (Fsp3) is 0.833. The Morgan fingerprint density at radius 1 is 1.27 bits per heavy atom. The summed E-state index contributed by atoms with van der Waals surface area (Å²) in [5.74, 6) is -0.632. The molecule has 1 saturated heterocycles. The van der Waals surface area contributed by atoms with E-state index in [1.807, 2.05) is 13.8 Å². The van der Waals surface area contributed by atoms with Gasteiger partial charge in [0.2, 0.25) is 0 Å². The number of hydrogen-bond acceptors (Lipinski definition) is 6. The van der Waals surface area contributed by atoms with E-state index in [-0.39, 0.29) is 46.1 Å². The average Bonchev–Trinajstić information content (AvgIpc) is 2.86. The predicted octanol–water partition coefficient (Wildman–Crippen LogP) is 2.02. The maximum absolute atomic E-state index is 13.2. The van der Waals surface area contributed by atoms with Crippen LogP contribution in [-0.4, -0.2) is 52.0 Å². The molecule has 1 heterocycles. The number of ether oxygens (including phenoxy) is 2. The van der Waals surface area contributed by atoms with Crippen LogP contribution in [0.25, 0.3) is 0 Å². The van der Waals surface area contributed by atoms with Crippen molar-refractivity contribution in [3.05, 3.63) is 12.2 Å². The van der Waals surface area contributed by atoms with Gasteiger partial charge in [-0.3, -0.25) is 9.59 Å². The van der Waals surface area contributed by atoms with Gasteiger partial charge in [-0.05, 0) is 68.8 Å². The highest BCUT2D eigenvalue weighted by Gasteiger charge is 2.85. The van der Waals surface area contributed by atoms with Crippen LogP contribution in [0.2, 0.25) is 0 Å². The van der Waals surface area contributed by atoms with Crippen molar-refractivity contribution in [2.75, 3.05) is 6.61 Å². The summed E-state index contributed by atoms with van der Waals surface area (Å²) >= 11 is 0. The molecule has 164 valence electrons. The normalized spacial score (nSPS) is 59.2. The number of carbonyl (C=O) groups is 2. The smallest absolute Gasteiger partial charge is 0.193 e. The highest BCUT2D eigenvalue weighted by Crippen LogP contribution is 2.84.